The Morgan fingerprint density at radius 2 is 2.04 bits per heavy atom. The Kier molecular flexibility index (Phi) is 5.17. The van der Waals surface area contributed by atoms with Crippen molar-refractivity contribution in [1.29, 1.82) is 0 Å². The third-order valence-corrected chi connectivity index (χ3v) is 5.55. The van der Waals surface area contributed by atoms with Gasteiger partial charge in [-0.15, -0.1) is 10.2 Å². The lowest BCUT2D eigenvalue weighted by Crippen LogP contribution is -2.38. The quantitative estimate of drug-likeness (QED) is 0.570. The molecule has 0 saturated carbocycles. The zero-order valence-electron chi connectivity index (χ0n) is 15.0. The van der Waals surface area contributed by atoms with Gasteiger partial charge in [0.05, 0.1) is 36.4 Å². The van der Waals surface area contributed by atoms with Crippen LogP contribution in [0.5, 0.6) is 0 Å². The SMILES string of the molecule is NS(=O)(=O)c1cccc(-c2cnn(CCN3CCOCC3)c2)c1-c1nn[nH]n1. The van der Waals surface area contributed by atoms with Crippen molar-refractivity contribution >= 4 is 10.0 Å². The first-order chi connectivity index (χ1) is 13.5. The summed E-state index contributed by atoms with van der Waals surface area (Å²) in [4.78, 5) is 2.25. The van der Waals surface area contributed by atoms with Gasteiger partial charge in [0, 0.05) is 31.4 Å². The molecule has 1 aromatic carbocycles. The molecule has 1 aliphatic heterocycles. The first kappa shape index (κ1) is 18.7. The van der Waals surface area contributed by atoms with E-state index in [1.165, 1.54) is 6.07 Å². The number of nitrogens with zero attached hydrogens (tertiary/aromatic N) is 6. The highest BCUT2D eigenvalue weighted by Crippen LogP contribution is 2.34. The number of aromatic amines is 1. The van der Waals surface area contributed by atoms with E-state index >= 15 is 0 Å². The van der Waals surface area contributed by atoms with Crippen molar-refractivity contribution in [3.63, 3.8) is 0 Å². The minimum absolute atomic E-state index is 0.0625. The van der Waals surface area contributed by atoms with E-state index in [0.717, 1.165) is 38.4 Å². The summed E-state index contributed by atoms with van der Waals surface area (Å²) in [6.45, 7) is 4.89. The number of hydrogen-bond acceptors (Lipinski definition) is 8. The van der Waals surface area contributed by atoms with Crippen molar-refractivity contribution in [2.24, 2.45) is 5.14 Å². The lowest BCUT2D eigenvalue weighted by Gasteiger charge is -2.26. The number of H-pyrrole nitrogens is 1. The molecule has 0 unspecified atom stereocenters. The molecule has 0 radical (unpaired) electrons. The summed E-state index contributed by atoms with van der Waals surface area (Å²) < 4.78 is 31.3. The number of nitrogens with two attached hydrogens (primary N) is 1. The van der Waals surface area contributed by atoms with Gasteiger partial charge in [0.15, 0.2) is 0 Å². The summed E-state index contributed by atoms with van der Waals surface area (Å²) in [6, 6.07) is 4.83. The van der Waals surface area contributed by atoms with Gasteiger partial charge >= 0.3 is 0 Å². The van der Waals surface area contributed by atoms with Crippen LogP contribution in [0.3, 0.4) is 0 Å². The van der Waals surface area contributed by atoms with Gasteiger partial charge < -0.3 is 4.74 Å². The van der Waals surface area contributed by atoms with Crippen LogP contribution < -0.4 is 5.14 Å². The van der Waals surface area contributed by atoms with E-state index in [9.17, 15) is 8.42 Å². The molecule has 12 heteroatoms. The summed E-state index contributed by atoms with van der Waals surface area (Å²) in [6.07, 6.45) is 3.55. The summed E-state index contributed by atoms with van der Waals surface area (Å²) >= 11 is 0. The van der Waals surface area contributed by atoms with Gasteiger partial charge in [0.1, 0.15) is 0 Å². The summed E-state index contributed by atoms with van der Waals surface area (Å²) in [5, 5.41) is 23.6. The van der Waals surface area contributed by atoms with Crippen molar-refractivity contribution in [3.05, 3.63) is 30.6 Å². The molecule has 1 aliphatic rings. The number of hydrogen-bond donors (Lipinski definition) is 2. The Morgan fingerprint density at radius 1 is 1.21 bits per heavy atom. The minimum atomic E-state index is -3.98. The Morgan fingerprint density at radius 3 is 2.75 bits per heavy atom. The smallest absolute Gasteiger partial charge is 0.238 e. The minimum Gasteiger partial charge on any atom is -0.379 e. The number of morpholine rings is 1. The van der Waals surface area contributed by atoms with Crippen LogP contribution in [0.2, 0.25) is 0 Å². The van der Waals surface area contributed by atoms with Gasteiger partial charge in [-0.05, 0) is 16.8 Å². The van der Waals surface area contributed by atoms with Crippen molar-refractivity contribution in [2.75, 3.05) is 32.8 Å². The molecule has 0 aliphatic carbocycles. The van der Waals surface area contributed by atoms with E-state index in [2.05, 4.69) is 30.6 Å². The molecule has 3 heterocycles. The zero-order chi connectivity index (χ0) is 19.6. The molecule has 3 aromatic rings. The van der Waals surface area contributed by atoms with E-state index in [1.807, 2.05) is 10.9 Å². The molecule has 28 heavy (non-hydrogen) atoms. The molecular formula is C16H20N8O3S. The van der Waals surface area contributed by atoms with Crippen LogP contribution in [-0.2, 0) is 21.3 Å². The largest absolute Gasteiger partial charge is 0.379 e. The molecule has 0 spiro atoms. The van der Waals surface area contributed by atoms with Crippen LogP contribution in [0.1, 0.15) is 0 Å². The fourth-order valence-electron chi connectivity index (χ4n) is 3.20. The monoisotopic (exact) mass is 404 g/mol. The lowest BCUT2D eigenvalue weighted by molar-refractivity contribution is 0.0360. The van der Waals surface area contributed by atoms with E-state index in [0.29, 0.717) is 17.7 Å². The summed E-state index contributed by atoms with van der Waals surface area (Å²) in [5.74, 6) is 0.153. The third-order valence-electron chi connectivity index (χ3n) is 4.59. The predicted molar refractivity (Wildman–Crippen MR) is 99.5 cm³/mol. The fourth-order valence-corrected chi connectivity index (χ4v) is 3.95. The average Bonchev–Trinajstić information content (AvgIpc) is 3.38. The van der Waals surface area contributed by atoms with Crippen molar-refractivity contribution < 1.29 is 13.2 Å². The van der Waals surface area contributed by atoms with Gasteiger partial charge in [-0.2, -0.15) is 10.3 Å². The van der Waals surface area contributed by atoms with Crippen LogP contribution in [-0.4, -0.2) is 76.6 Å². The standard InChI is InChI=1S/C16H20N8O3S/c17-28(25,26)14-3-1-2-13(15(14)16-19-21-22-20-16)12-10-18-24(11-12)5-4-23-6-8-27-9-7-23/h1-3,10-11H,4-9H2,(H2,17,25,26)(H,19,20,21,22). The van der Waals surface area contributed by atoms with Gasteiger partial charge in [-0.3, -0.25) is 9.58 Å². The normalized spacial score (nSPS) is 15.8. The van der Waals surface area contributed by atoms with Crippen molar-refractivity contribution in [1.82, 2.24) is 35.3 Å². The van der Waals surface area contributed by atoms with Crippen LogP contribution in [0.15, 0.2) is 35.5 Å². The molecule has 0 amide bonds. The topological polar surface area (TPSA) is 145 Å². The highest BCUT2D eigenvalue weighted by molar-refractivity contribution is 7.89. The zero-order valence-corrected chi connectivity index (χ0v) is 15.8. The number of aromatic nitrogens is 6. The van der Waals surface area contributed by atoms with Crippen LogP contribution in [0.25, 0.3) is 22.5 Å². The first-order valence-electron chi connectivity index (χ1n) is 8.75. The van der Waals surface area contributed by atoms with E-state index in [1.54, 1.807) is 18.3 Å². The second-order valence-electron chi connectivity index (χ2n) is 6.41. The van der Waals surface area contributed by atoms with Gasteiger partial charge in [0.2, 0.25) is 15.8 Å². The Labute approximate surface area is 161 Å². The van der Waals surface area contributed by atoms with Gasteiger partial charge in [0.25, 0.3) is 0 Å². The molecule has 0 atom stereocenters. The molecule has 1 saturated heterocycles. The van der Waals surface area contributed by atoms with Crippen LogP contribution in [0, 0.1) is 0 Å². The summed E-state index contributed by atoms with van der Waals surface area (Å²) in [5.41, 5.74) is 1.66. The second-order valence-corrected chi connectivity index (χ2v) is 7.94. The van der Waals surface area contributed by atoms with E-state index in [-0.39, 0.29) is 10.7 Å². The molecule has 4 rings (SSSR count). The Bertz CT molecular complexity index is 1040. The highest BCUT2D eigenvalue weighted by atomic mass is 32.2. The average molecular weight is 404 g/mol. The number of primary sulfonamides is 1. The number of sulfonamides is 1. The maximum absolute atomic E-state index is 12.1. The molecule has 0 bridgehead atoms. The highest BCUT2D eigenvalue weighted by Gasteiger charge is 2.23. The van der Waals surface area contributed by atoms with Crippen LogP contribution >= 0.6 is 0 Å². The fraction of sp³-hybridized carbons (Fsp3) is 0.375. The summed E-state index contributed by atoms with van der Waals surface area (Å²) in [7, 11) is -3.98. The van der Waals surface area contributed by atoms with Gasteiger partial charge in [-0.1, -0.05) is 12.1 Å². The maximum atomic E-state index is 12.1. The maximum Gasteiger partial charge on any atom is 0.238 e. The Balaban J connectivity index is 1.65. The van der Waals surface area contributed by atoms with Gasteiger partial charge in [-0.25, -0.2) is 13.6 Å². The number of nitrogens with one attached hydrogen (secondary N) is 1. The molecule has 11 nitrogen and oxygen atoms in total. The first-order valence-corrected chi connectivity index (χ1v) is 10.3. The Hall–Kier alpha value is -2.67. The molecule has 1 fully saturated rings. The third kappa shape index (κ3) is 3.94. The second kappa shape index (κ2) is 7.75. The van der Waals surface area contributed by atoms with E-state index < -0.39 is 10.0 Å². The van der Waals surface area contributed by atoms with Crippen molar-refractivity contribution in [2.45, 2.75) is 11.4 Å². The number of ether oxygens (including phenoxy) is 1. The molecular weight excluding hydrogens is 384 g/mol. The molecule has 2 aromatic heterocycles. The molecule has 148 valence electrons. The molecule has 3 N–H and O–H groups in total. The van der Waals surface area contributed by atoms with Crippen molar-refractivity contribution in [3.8, 4) is 22.5 Å². The number of benzene rings is 1. The van der Waals surface area contributed by atoms with E-state index in [4.69, 9.17) is 9.88 Å². The number of rotatable bonds is 6. The van der Waals surface area contributed by atoms with Crippen LogP contribution in [0.4, 0.5) is 0 Å². The number of tetrazole rings is 1. The predicted octanol–water partition coefficient (Wildman–Crippen LogP) is -0.290. The lowest BCUT2D eigenvalue weighted by atomic mass is 10.0.